The zero-order valence-electron chi connectivity index (χ0n) is 11.4. The SMILES string of the molecule is O=C(N/N=C\C=C/c1ccc([N+](=O)[O-])cc1)c1cccnc1. The summed E-state index contributed by atoms with van der Waals surface area (Å²) >= 11 is 0. The van der Waals surface area contributed by atoms with Crippen molar-refractivity contribution in [2.45, 2.75) is 0 Å². The zero-order valence-corrected chi connectivity index (χ0v) is 11.4. The first-order valence-electron chi connectivity index (χ1n) is 6.31. The molecule has 7 heteroatoms. The van der Waals surface area contributed by atoms with Gasteiger partial charge in [0.1, 0.15) is 0 Å². The largest absolute Gasteiger partial charge is 0.272 e. The van der Waals surface area contributed by atoms with Crippen molar-refractivity contribution in [3.63, 3.8) is 0 Å². The van der Waals surface area contributed by atoms with Crippen LogP contribution in [0, 0.1) is 10.1 Å². The van der Waals surface area contributed by atoms with E-state index < -0.39 is 4.92 Å². The maximum atomic E-state index is 11.6. The minimum atomic E-state index is -0.455. The number of hydrogen-bond acceptors (Lipinski definition) is 5. The molecule has 110 valence electrons. The van der Waals surface area contributed by atoms with Gasteiger partial charge in [0.25, 0.3) is 11.6 Å². The number of carbonyl (C=O) groups excluding carboxylic acids is 1. The third-order valence-corrected chi connectivity index (χ3v) is 2.64. The average molecular weight is 296 g/mol. The van der Waals surface area contributed by atoms with Gasteiger partial charge in [-0.3, -0.25) is 19.9 Å². The van der Waals surface area contributed by atoms with E-state index in [4.69, 9.17) is 0 Å². The molecule has 0 saturated heterocycles. The van der Waals surface area contributed by atoms with Crippen LogP contribution in [0.1, 0.15) is 15.9 Å². The molecule has 1 aromatic heterocycles. The first-order valence-corrected chi connectivity index (χ1v) is 6.31. The highest BCUT2D eigenvalue weighted by molar-refractivity contribution is 5.94. The van der Waals surface area contributed by atoms with E-state index in [0.717, 1.165) is 5.56 Å². The fourth-order valence-electron chi connectivity index (χ4n) is 1.56. The van der Waals surface area contributed by atoms with Crippen molar-refractivity contribution in [1.82, 2.24) is 10.4 Å². The number of aromatic nitrogens is 1. The molecule has 0 spiro atoms. The van der Waals surface area contributed by atoms with Gasteiger partial charge in [-0.05, 0) is 35.9 Å². The summed E-state index contributed by atoms with van der Waals surface area (Å²) in [6, 6.07) is 9.37. The molecule has 2 rings (SSSR count). The smallest absolute Gasteiger partial charge is 0.267 e. The van der Waals surface area contributed by atoms with Crippen LogP contribution < -0.4 is 5.43 Å². The molecular formula is C15H12N4O3. The lowest BCUT2D eigenvalue weighted by Crippen LogP contribution is -2.17. The summed E-state index contributed by atoms with van der Waals surface area (Å²) in [6.45, 7) is 0. The quantitative estimate of drug-likeness (QED) is 0.520. The van der Waals surface area contributed by atoms with Gasteiger partial charge in [-0.15, -0.1) is 0 Å². The number of hydrogen-bond donors (Lipinski definition) is 1. The maximum absolute atomic E-state index is 11.6. The van der Waals surface area contributed by atoms with Gasteiger partial charge in [-0.1, -0.05) is 6.08 Å². The van der Waals surface area contributed by atoms with Crippen molar-refractivity contribution in [3.8, 4) is 0 Å². The van der Waals surface area contributed by atoms with Crippen LogP contribution in [0.2, 0.25) is 0 Å². The second-order valence-electron chi connectivity index (χ2n) is 4.17. The molecule has 0 unspecified atom stereocenters. The Kier molecular flexibility index (Phi) is 5.09. The Morgan fingerprint density at radius 3 is 2.68 bits per heavy atom. The lowest BCUT2D eigenvalue weighted by Gasteiger charge is -1.97. The number of rotatable bonds is 5. The Bertz CT molecular complexity index is 709. The summed E-state index contributed by atoms with van der Waals surface area (Å²) in [5.74, 6) is -0.354. The third-order valence-electron chi connectivity index (χ3n) is 2.64. The topological polar surface area (TPSA) is 97.5 Å². The summed E-state index contributed by atoms with van der Waals surface area (Å²) in [4.78, 5) is 25.5. The van der Waals surface area contributed by atoms with Gasteiger partial charge in [0.2, 0.25) is 0 Å². The van der Waals surface area contributed by atoms with Gasteiger partial charge < -0.3 is 0 Å². The molecule has 2 aromatic rings. The Morgan fingerprint density at radius 1 is 1.27 bits per heavy atom. The zero-order chi connectivity index (χ0) is 15.8. The van der Waals surface area contributed by atoms with Crippen LogP contribution in [0.4, 0.5) is 5.69 Å². The van der Waals surface area contributed by atoms with Crippen LogP contribution in [0.3, 0.4) is 0 Å². The number of nitrogens with one attached hydrogen (secondary N) is 1. The van der Waals surface area contributed by atoms with E-state index in [0.29, 0.717) is 5.56 Å². The summed E-state index contributed by atoms with van der Waals surface area (Å²) < 4.78 is 0. The number of nitrogens with zero attached hydrogens (tertiary/aromatic N) is 3. The maximum Gasteiger partial charge on any atom is 0.272 e. The summed E-state index contributed by atoms with van der Waals surface area (Å²) in [5, 5.41) is 14.3. The second-order valence-corrected chi connectivity index (χ2v) is 4.17. The van der Waals surface area contributed by atoms with Crippen molar-refractivity contribution in [2.24, 2.45) is 5.10 Å². The normalized spacial score (nSPS) is 10.9. The van der Waals surface area contributed by atoms with E-state index in [-0.39, 0.29) is 11.6 Å². The number of non-ortho nitro benzene ring substituents is 1. The minimum absolute atomic E-state index is 0.0366. The van der Waals surface area contributed by atoms with Crippen molar-refractivity contribution >= 4 is 23.9 Å². The van der Waals surface area contributed by atoms with Gasteiger partial charge >= 0.3 is 0 Å². The number of benzene rings is 1. The Morgan fingerprint density at radius 2 is 2.05 bits per heavy atom. The van der Waals surface area contributed by atoms with E-state index in [9.17, 15) is 14.9 Å². The number of amides is 1. The Balaban J connectivity index is 1.87. The molecule has 1 heterocycles. The molecule has 0 fully saturated rings. The average Bonchev–Trinajstić information content (AvgIpc) is 2.55. The monoisotopic (exact) mass is 296 g/mol. The molecule has 1 amide bonds. The molecule has 0 radical (unpaired) electrons. The van der Waals surface area contributed by atoms with Crippen molar-refractivity contribution in [1.29, 1.82) is 0 Å². The molecule has 1 aromatic carbocycles. The van der Waals surface area contributed by atoms with Crippen LogP contribution in [0.25, 0.3) is 6.08 Å². The van der Waals surface area contributed by atoms with Crippen LogP contribution in [0.15, 0.2) is 60.0 Å². The highest BCUT2D eigenvalue weighted by atomic mass is 16.6. The number of nitro benzene ring substituents is 1. The molecule has 7 nitrogen and oxygen atoms in total. The number of pyridine rings is 1. The Labute approximate surface area is 126 Å². The molecule has 0 atom stereocenters. The summed E-state index contributed by atoms with van der Waals surface area (Å²) in [5.41, 5.74) is 3.60. The molecule has 1 N–H and O–H groups in total. The number of allylic oxidation sites excluding steroid dienone is 1. The third kappa shape index (κ3) is 4.34. The summed E-state index contributed by atoms with van der Waals surface area (Å²) in [6.07, 6.45) is 7.76. The number of nitro groups is 1. The van der Waals surface area contributed by atoms with Crippen LogP contribution in [0.5, 0.6) is 0 Å². The highest BCUT2D eigenvalue weighted by Crippen LogP contribution is 2.12. The molecule has 0 aliphatic carbocycles. The van der Waals surface area contributed by atoms with Gasteiger partial charge in [0.15, 0.2) is 0 Å². The molecule has 0 bridgehead atoms. The molecule has 0 saturated carbocycles. The number of hydrazone groups is 1. The van der Waals surface area contributed by atoms with Crippen LogP contribution >= 0.6 is 0 Å². The predicted octanol–water partition coefficient (Wildman–Crippen LogP) is 2.42. The fourth-order valence-corrected chi connectivity index (χ4v) is 1.56. The van der Waals surface area contributed by atoms with Gasteiger partial charge in [-0.2, -0.15) is 5.10 Å². The lowest BCUT2D eigenvalue weighted by molar-refractivity contribution is -0.384. The molecule has 0 aliphatic rings. The van der Waals surface area contributed by atoms with Crippen molar-refractivity contribution < 1.29 is 9.72 Å². The van der Waals surface area contributed by atoms with Crippen molar-refractivity contribution in [3.05, 3.63) is 76.1 Å². The van der Waals surface area contributed by atoms with Crippen LogP contribution in [-0.2, 0) is 0 Å². The Hall–Kier alpha value is -3.35. The van der Waals surface area contributed by atoms with E-state index in [2.05, 4.69) is 15.5 Å². The minimum Gasteiger partial charge on any atom is -0.267 e. The van der Waals surface area contributed by atoms with E-state index in [1.165, 1.54) is 24.5 Å². The number of carbonyl (C=O) groups is 1. The van der Waals surface area contributed by atoms with Gasteiger partial charge in [0, 0.05) is 30.7 Å². The lowest BCUT2D eigenvalue weighted by atomic mass is 10.2. The summed E-state index contributed by atoms with van der Waals surface area (Å²) in [7, 11) is 0. The van der Waals surface area contributed by atoms with E-state index >= 15 is 0 Å². The molecule has 0 aliphatic heterocycles. The standard InChI is InChI=1S/C15H12N4O3/c20-15(13-4-2-9-16-11-13)18-17-10-1-3-12-5-7-14(8-6-12)19(21)22/h1-11H,(H,18,20)/b3-1-,17-10-. The first kappa shape index (κ1) is 15.0. The predicted molar refractivity (Wildman–Crippen MR) is 82.3 cm³/mol. The molecular weight excluding hydrogens is 284 g/mol. The van der Waals surface area contributed by atoms with Gasteiger partial charge in [0.05, 0.1) is 10.5 Å². The fraction of sp³-hybridized carbons (Fsp3) is 0. The highest BCUT2D eigenvalue weighted by Gasteiger charge is 2.02. The van der Waals surface area contributed by atoms with Gasteiger partial charge in [-0.25, -0.2) is 5.43 Å². The second kappa shape index (κ2) is 7.44. The van der Waals surface area contributed by atoms with E-state index in [1.807, 2.05) is 0 Å². The van der Waals surface area contributed by atoms with Crippen LogP contribution in [-0.4, -0.2) is 22.0 Å². The van der Waals surface area contributed by atoms with E-state index in [1.54, 1.807) is 42.6 Å². The van der Waals surface area contributed by atoms with Crippen molar-refractivity contribution in [2.75, 3.05) is 0 Å². The molecule has 22 heavy (non-hydrogen) atoms. The first-order chi connectivity index (χ1) is 10.7.